The molecule has 1 saturated carbocycles. The number of sulfone groups is 1. The van der Waals surface area contributed by atoms with Gasteiger partial charge in [-0.1, -0.05) is 12.8 Å². The van der Waals surface area contributed by atoms with Crippen LogP contribution in [0.3, 0.4) is 0 Å². The minimum Gasteiger partial charge on any atom is -0.496 e. The van der Waals surface area contributed by atoms with Crippen molar-refractivity contribution >= 4 is 31.6 Å². The second-order valence-corrected chi connectivity index (χ2v) is 8.12. The Morgan fingerprint density at radius 1 is 1.35 bits per heavy atom. The highest BCUT2D eigenvalue weighted by molar-refractivity contribution is 9.10. The van der Waals surface area contributed by atoms with Crippen LogP contribution in [0.5, 0.6) is 5.75 Å². The third-order valence-electron chi connectivity index (χ3n) is 3.62. The summed E-state index contributed by atoms with van der Waals surface area (Å²) < 4.78 is 30.1. The van der Waals surface area contributed by atoms with E-state index in [1.807, 2.05) is 0 Å². The molecule has 0 aliphatic heterocycles. The molecule has 0 bridgehead atoms. The van der Waals surface area contributed by atoms with Crippen LogP contribution in [-0.2, 0) is 9.84 Å². The van der Waals surface area contributed by atoms with E-state index in [1.54, 1.807) is 18.2 Å². The largest absolute Gasteiger partial charge is 0.496 e. The number of hydrogen-bond acceptors (Lipinski definition) is 4. The summed E-state index contributed by atoms with van der Waals surface area (Å²) in [5.41, 5.74) is 0.388. The highest BCUT2D eigenvalue weighted by Crippen LogP contribution is 2.28. The second-order valence-electron chi connectivity index (χ2n) is 4.99. The standard InChI is InChI=1S/C14H17BrO4S/c1-19-14-7-6-10(8-12(14)15)13(16)9-20(17,18)11-4-2-3-5-11/h6-8,11H,2-5,9H2,1H3. The van der Waals surface area contributed by atoms with Crippen LogP contribution in [0.1, 0.15) is 36.0 Å². The summed E-state index contributed by atoms with van der Waals surface area (Å²) in [7, 11) is -1.80. The summed E-state index contributed by atoms with van der Waals surface area (Å²) in [5.74, 6) is -0.156. The fraction of sp³-hybridized carbons (Fsp3) is 0.500. The number of hydrogen-bond donors (Lipinski definition) is 0. The Balaban J connectivity index is 2.13. The summed E-state index contributed by atoms with van der Waals surface area (Å²) in [5, 5.41) is -0.340. The first-order chi connectivity index (χ1) is 9.44. The lowest BCUT2D eigenvalue weighted by Gasteiger charge is -2.11. The van der Waals surface area contributed by atoms with Crippen molar-refractivity contribution < 1.29 is 17.9 Å². The van der Waals surface area contributed by atoms with Gasteiger partial charge in [-0.15, -0.1) is 0 Å². The van der Waals surface area contributed by atoms with E-state index in [1.165, 1.54) is 7.11 Å². The third-order valence-corrected chi connectivity index (χ3v) is 6.39. The summed E-state index contributed by atoms with van der Waals surface area (Å²) in [4.78, 5) is 12.1. The number of ketones is 1. The zero-order valence-corrected chi connectivity index (χ0v) is 13.7. The van der Waals surface area contributed by atoms with Crippen LogP contribution in [-0.4, -0.2) is 32.3 Å². The van der Waals surface area contributed by atoms with Crippen LogP contribution in [0, 0.1) is 0 Å². The van der Waals surface area contributed by atoms with E-state index in [9.17, 15) is 13.2 Å². The Kier molecular flexibility index (Phi) is 4.86. The molecular weight excluding hydrogens is 344 g/mol. The SMILES string of the molecule is COc1ccc(C(=O)CS(=O)(=O)C2CCCC2)cc1Br. The van der Waals surface area contributed by atoms with Gasteiger partial charge in [-0.3, -0.25) is 4.79 Å². The summed E-state index contributed by atoms with van der Waals surface area (Å²) in [6, 6.07) is 4.85. The number of benzene rings is 1. The number of methoxy groups -OCH3 is 1. The van der Waals surface area contributed by atoms with Crippen LogP contribution in [0.4, 0.5) is 0 Å². The minimum absolute atomic E-state index is 0.340. The Morgan fingerprint density at radius 3 is 2.55 bits per heavy atom. The van der Waals surface area contributed by atoms with Gasteiger partial charge >= 0.3 is 0 Å². The molecule has 2 rings (SSSR count). The number of carbonyl (C=O) groups is 1. The molecule has 0 amide bonds. The molecule has 0 N–H and O–H groups in total. The summed E-state index contributed by atoms with van der Waals surface area (Å²) in [6.45, 7) is 0. The van der Waals surface area contributed by atoms with E-state index >= 15 is 0 Å². The van der Waals surface area contributed by atoms with E-state index < -0.39 is 15.6 Å². The first kappa shape index (κ1) is 15.5. The first-order valence-electron chi connectivity index (χ1n) is 6.52. The molecule has 1 aliphatic carbocycles. The van der Waals surface area contributed by atoms with Gasteiger partial charge in [0.1, 0.15) is 11.5 Å². The van der Waals surface area contributed by atoms with E-state index in [4.69, 9.17) is 4.74 Å². The predicted octanol–water partition coefficient (Wildman–Crippen LogP) is 3.00. The molecule has 1 aliphatic rings. The third kappa shape index (κ3) is 3.41. The lowest BCUT2D eigenvalue weighted by Crippen LogP contribution is -2.25. The highest BCUT2D eigenvalue weighted by atomic mass is 79.9. The van der Waals surface area contributed by atoms with Crippen LogP contribution in [0.15, 0.2) is 22.7 Å². The molecule has 0 atom stereocenters. The molecule has 0 heterocycles. The van der Waals surface area contributed by atoms with E-state index in [0.29, 0.717) is 28.6 Å². The fourth-order valence-corrected chi connectivity index (χ4v) is 4.83. The van der Waals surface area contributed by atoms with Crippen molar-refractivity contribution in [2.45, 2.75) is 30.9 Å². The van der Waals surface area contributed by atoms with Crippen LogP contribution < -0.4 is 4.74 Å². The first-order valence-corrected chi connectivity index (χ1v) is 9.03. The van der Waals surface area contributed by atoms with E-state index in [-0.39, 0.29) is 11.0 Å². The summed E-state index contributed by atoms with van der Waals surface area (Å²) in [6.07, 6.45) is 3.24. The number of rotatable bonds is 5. The topological polar surface area (TPSA) is 60.4 Å². The van der Waals surface area contributed by atoms with Crippen molar-refractivity contribution in [2.75, 3.05) is 12.9 Å². The molecule has 0 unspecified atom stereocenters. The maximum atomic E-state index is 12.2. The lowest BCUT2D eigenvalue weighted by molar-refractivity contribution is 0.102. The second kappa shape index (κ2) is 6.26. The zero-order valence-electron chi connectivity index (χ0n) is 11.3. The van der Waals surface area contributed by atoms with Crippen LogP contribution in [0.25, 0.3) is 0 Å². The Bertz CT molecular complexity index is 604. The van der Waals surface area contributed by atoms with Crippen molar-refractivity contribution in [1.29, 1.82) is 0 Å². The quantitative estimate of drug-likeness (QED) is 0.757. The molecule has 0 saturated heterocycles. The van der Waals surface area contributed by atoms with Gasteiger partial charge in [-0.2, -0.15) is 0 Å². The van der Waals surface area contributed by atoms with Crippen LogP contribution >= 0.6 is 15.9 Å². The Hall–Kier alpha value is -0.880. The van der Waals surface area contributed by atoms with Gasteiger partial charge in [0.15, 0.2) is 15.6 Å². The summed E-state index contributed by atoms with van der Waals surface area (Å²) >= 11 is 3.29. The monoisotopic (exact) mass is 360 g/mol. The molecule has 6 heteroatoms. The molecule has 1 fully saturated rings. The fourth-order valence-electron chi connectivity index (χ4n) is 2.47. The van der Waals surface area contributed by atoms with Crippen molar-refractivity contribution in [2.24, 2.45) is 0 Å². The van der Waals surface area contributed by atoms with Crippen molar-refractivity contribution in [3.05, 3.63) is 28.2 Å². The normalized spacial score (nSPS) is 16.3. The maximum Gasteiger partial charge on any atom is 0.177 e. The average Bonchev–Trinajstić information content (AvgIpc) is 2.92. The van der Waals surface area contributed by atoms with Gasteiger partial charge < -0.3 is 4.74 Å². The van der Waals surface area contributed by atoms with E-state index in [0.717, 1.165) is 12.8 Å². The minimum atomic E-state index is -3.33. The highest BCUT2D eigenvalue weighted by Gasteiger charge is 2.30. The van der Waals surface area contributed by atoms with Gasteiger partial charge in [-0.25, -0.2) is 8.42 Å². The number of Topliss-reactive ketones (excluding diaryl/α,β-unsaturated/α-hetero) is 1. The van der Waals surface area contributed by atoms with Gasteiger partial charge in [0.2, 0.25) is 0 Å². The molecule has 0 aromatic heterocycles. The van der Waals surface area contributed by atoms with Crippen molar-refractivity contribution in [3.8, 4) is 5.75 Å². The van der Waals surface area contributed by atoms with Gasteiger partial charge in [-0.05, 0) is 47.0 Å². The molecule has 110 valence electrons. The van der Waals surface area contributed by atoms with Crippen molar-refractivity contribution in [1.82, 2.24) is 0 Å². The van der Waals surface area contributed by atoms with Crippen LogP contribution in [0.2, 0.25) is 0 Å². The molecule has 20 heavy (non-hydrogen) atoms. The molecule has 1 aromatic rings. The van der Waals surface area contributed by atoms with Gasteiger partial charge in [0, 0.05) is 5.56 Å². The smallest absolute Gasteiger partial charge is 0.177 e. The Morgan fingerprint density at radius 2 is 2.00 bits per heavy atom. The predicted molar refractivity (Wildman–Crippen MR) is 81.1 cm³/mol. The molecule has 4 nitrogen and oxygen atoms in total. The molecule has 0 radical (unpaired) electrons. The number of halogens is 1. The van der Waals surface area contributed by atoms with Crippen molar-refractivity contribution in [3.63, 3.8) is 0 Å². The molecular formula is C14H17BrO4S. The molecule has 0 spiro atoms. The average molecular weight is 361 g/mol. The number of carbonyl (C=O) groups excluding carboxylic acids is 1. The van der Waals surface area contributed by atoms with E-state index in [2.05, 4.69) is 15.9 Å². The Labute approximate surface area is 127 Å². The lowest BCUT2D eigenvalue weighted by atomic mass is 10.1. The maximum absolute atomic E-state index is 12.2. The van der Waals surface area contributed by atoms with Gasteiger partial charge in [0.25, 0.3) is 0 Å². The van der Waals surface area contributed by atoms with Gasteiger partial charge in [0.05, 0.1) is 16.8 Å². The number of ether oxygens (including phenoxy) is 1. The molecule has 1 aromatic carbocycles. The zero-order chi connectivity index (χ0) is 14.8.